The van der Waals surface area contributed by atoms with E-state index >= 15 is 0 Å². The minimum atomic E-state index is -0.455. The number of anilines is 2. The minimum Gasteiger partial charge on any atom is -0.370 e. The first-order chi connectivity index (χ1) is 8.06. The molecule has 1 amide bonds. The van der Waals surface area contributed by atoms with Gasteiger partial charge >= 0.3 is 0 Å². The maximum atomic E-state index is 11.0. The summed E-state index contributed by atoms with van der Waals surface area (Å²) in [6, 6.07) is 1.31. The second kappa shape index (κ2) is 6.03. The van der Waals surface area contributed by atoms with Crippen molar-refractivity contribution in [3.8, 4) is 0 Å². The number of nitrogens with one attached hydrogen (secondary N) is 2. The Kier molecular flexibility index (Phi) is 4.68. The number of aryl methyl sites for hydroxylation is 1. The zero-order valence-electron chi connectivity index (χ0n) is 10.4. The predicted octanol–water partition coefficient (Wildman–Crippen LogP) is 0.756. The van der Waals surface area contributed by atoms with Crippen molar-refractivity contribution in [3.05, 3.63) is 11.9 Å². The van der Waals surface area contributed by atoms with E-state index in [-0.39, 0.29) is 0 Å². The van der Waals surface area contributed by atoms with E-state index in [1.807, 2.05) is 13.8 Å². The van der Waals surface area contributed by atoms with Crippen molar-refractivity contribution in [2.24, 2.45) is 5.73 Å². The average molecular weight is 237 g/mol. The summed E-state index contributed by atoms with van der Waals surface area (Å²) in [4.78, 5) is 19.6. The summed E-state index contributed by atoms with van der Waals surface area (Å²) in [6.07, 6.45) is 0.735. The second-order valence-corrected chi connectivity index (χ2v) is 3.71. The van der Waals surface area contributed by atoms with Crippen molar-refractivity contribution in [2.45, 2.75) is 33.2 Å². The fraction of sp³-hybridized carbons (Fsp3) is 0.545. The number of hydrogen-bond donors (Lipinski definition) is 3. The second-order valence-electron chi connectivity index (χ2n) is 3.71. The number of hydrogen-bond acceptors (Lipinski definition) is 5. The molecule has 0 radical (unpaired) electrons. The monoisotopic (exact) mass is 237 g/mol. The van der Waals surface area contributed by atoms with Gasteiger partial charge in [0.15, 0.2) is 0 Å². The minimum absolute atomic E-state index is 0.410. The lowest BCUT2D eigenvalue weighted by molar-refractivity contribution is -0.118. The van der Waals surface area contributed by atoms with Gasteiger partial charge in [-0.3, -0.25) is 4.79 Å². The van der Waals surface area contributed by atoms with Gasteiger partial charge < -0.3 is 16.4 Å². The number of rotatable bonds is 6. The van der Waals surface area contributed by atoms with Crippen LogP contribution in [0.15, 0.2) is 6.07 Å². The molecule has 1 unspecified atom stereocenters. The highest BCUT2D eigenvalue weighted by atomic mass is 16.1. The third-order valence-corrected chi connectivity index (χ3v) is 2.24. The van der Waals surface area contributed by atoms with Crippen LogP contribution in [-0.2, 0) is 11.2 Å². The summed E-state index contributed by atoms with van der Waals surface area (Å²) in [5, 5.41) is 6.07. The van der Waals surface area contributed by atoms with Gasteiger partial charge in [0.25, 0.3) is 0 Å². The lowest BCUT2D eigenvalue weighted by Crippen LogP contribution is -2.32. The Hall–Kier alpha value is -1.85. The Morgan fingerprint density at radius 2 is 2.06 bits per heavy atom. The van der Waals surface area contributed by atoms with Crippen LogP contribution >= 0.6 is 0 Å². The molecule has 1 rings (SSSR count). The van der Waals surface area contributed by atoms with E-state index < -0.39 is 11.9 Å². The van der Waals surface area contributed by atoms with E-state index in [2.05, 4.69) is 20.6 Å². The average Bonchev–Trinajstić information content (AvgIpc) is 2.28. The zero-order valence-corrected chi connectivity index (χ0v) is 10.4. The zero-order chi connectivity index (χ0) is 12.8. The molecular formula is C11H19N5O. The van der Waals surface area contributed by atoms with Gasteiger partial charge in [0, 0.05) is 19.0 Å². The standard InChI is InChI=1S/C11H19N5O/c1-4-8-15-9(13-5-2)6-10(16-8)14-7(3)11(12)17/h6-7H,4-5H2,1-3H3,(H2,12,17)(H2,13,14,15,16). The molecule has 4 N–H and O–H groups in total. The molecule has 0 saturated carbocycles. The van der Waals surface area contributed by atoms with E-state index in [0.717, 1.165) is 24.6 Å². The first kappa shape index (κ1) is 13.2. The quantitative estimate of drug-likeness (QED) is 0.679. The smallest absolute Gasteiger partial charge is 0.239 e. The summed E-state index contributed by atoms with van der Waals surface area (Å²) >= 11 is 0. The molecule has 1 aromatic heterocycles. The van der Waals surface area contributed by atoms with Gasteiger partial charge in [0.05, 0.1) is 0 Å². The van der Waals surface area contributed by atoms with Crippen LogP contribution in [0.2, 0.25) is 0 Å². The van der Waals surface area contributed by atoms with Crippen molar-refractivity contribution >= 4 is 17.5 Å². The molecule has 0 aliphatic carbocycles. The van der Waals surface area contributed by atoms with Crippen LogP contribution in [-0.4, -0.2) is 28.5 Å². The molecule has 1 atom stereocenters. The van der Waals surface area contributed by atoms with E-state index in [9.17, 15) is 4.79 Å². The third-order valence-electron chi connectivity index (χ3n) is 2.24. The number of nitrogens with two attached hydrogens (primary N) is 1. The van der Waals surface area contributed by atoms with Gasteiger partial charge in [-0.15, -0.1) is 0 Å². The van der Waals surface area contributed by atoms with E-state index in [1.165, 1.54) is 0 Å². The topological polar surface area (TPSA) is 92.9 Å². The molecule has 0 spiro atoms. The van der Waals surface area contributed by atoms with Crippen LogP contribution in [0.1, 0.15) is 26.6 Å². The summed E-state index contributed by atoms with van der Waals surface area (Å²) in [5.74, 6) is 1.67. The first-order valence-corrected chi connectivity index (χ1v) is 5.74. The number of carbonyl (C=O) groups excluding carboxylic acids is 1. The molecule has 6 heteroatoms. The van der Waals surface area contributed by atoms with Crippen LogP contribution in [0.25, 0.3) is 0 Å². The lowest BCUT2D eigenvalue weighted by Gasteiger charge is -2.13. The van der Waals surface area contributed by atoms with Crippen molar-refractivity contribution in [1.82, 2.24) is 9.97 Å². The molecule has 0 saturated heterocycles. The molecule has 0 fully saturated rings. The highest BCUT2D eigenvalue weighted by Gasteiger charge is 2.10. The van der Waals surface area contributed by atoms with Crippen LogP contribution in [0.3, 0.4) is 0 Å². The number of amides is 1. The maximum Gasteiger partial charge on any atom is 0.239 e. The lowest BCUT2D eigenvalue weighted by atomic mass is 10.3. The van der Waals surface area contributed by atoms with Crippen LogP contribution < -0.4 is 16.4 Å². The molecular weight excluding hydrogens is 218 g/mol. The maximum absolute atomic E-state index is 11.0. The molecule has 1 heterocycles. The van der Waals surface area contributed by atoms with Crippen molar-refractivity contribution in [2.75, 3.05) is 17.2 Å². The van der Waals surface area contributed by atoms with Gasteiger partial charge in [-0.1, -0.05) is 6.92 Å². The summed E-state index contributed by atoms with van der Waals surface area (Å²) in [7, 11) is 0. The number of aromatic nitrogens is 2. The Balaban J connectivity index is 2.90. The molecule has 17 heavy (non-hydrogen) atoms. The highest BCUT2D eigenvalue weighted by Crippen LogP contribution is 2.12. The molecule has 0 aliphatic heterocycles. The van der Waals surface area contributed by atoms with Crippen molar-refractivity contribution in [1.29, 1.82) is 0 Å². The highest BCUT2D eigenvalue weighted by molar-refractivity contribution is 5.82. The summed E-state index contributed by atoms with van der Waals surface area (Å²) in [5.41, 5.74) is 5.19. The Morgan fingerprint density at radius 1 is 1.41 bits per heavy atom. The van der Waals surface area contributed by atoms with Crippen LogP contribution in [0, 0.1) is 0 Å². The Labute approximate surface area is 101 Å². The molecule has 6 nitrogen and oxygen atoms in total. The third kappa shape index (κ3) is 3.90. The number of primary amides is 1. The summed E-state index contributed by atoms with van der Waals surface area (Å²) in [6.45, 7) is 6.45. The Bertz CT molecular complexity index is 393. The van der Waals surface area contributed by atoms with Gasteiger partial charge in [-0.25, -0.2) is 9.97 Å². The SMILES string of the molecule is CCNc1cc(NC(C)C(N)=O)nc(CC)n1. The fourth-order valence-corrected chi connectivity index (χ4v) is 1.29. The van der Waals surface area contributed by atoms with Gasteiger partial charge in [0.2, 0.25) is 5.91 Å². The molecule has 0 aromatic carbocycles. The molecule has 0 aliphatic rings. The number of carbonyl (C=O) groups is 1. The normalized spacial score (nSPS) is 11.9. The van der Waals surface area contributed by atoms with E-state index in [4.69, 9.17) is 5.73 Å². The molecule has 0 bridgehead atoms. The van der Waals surface area contributed by atoms with Crippen LogP contribution in [0.4, 0.5) is 11.6 Å². The first-order valence-electron chi connectivity index (χ1n) is 5.74. The van der Waals surface area contributed by atoms with E-state index in [1.54, 1.807) is 13.0 Å². The number of nitrogens with zero attached hydrogens (tertiary/aromatic N) is 2. The fourth-order valence-electron chi connectivity index (χ4n) is 1.29. The predicted molar refractivity (Wildman–Crippen MR) is 67.9 cm³/mol. The van der Waals surface area contributed by atoms with Crippen LogP contribution in [0.5, 0.6) is 0 Å². The summed E-state index contributed by atoms with van der Waals surface area (Å²) < 4.78 is 0. The molecule has 1 aromatic rings. The van der Waals surface area contributed by atoms with Crippen molar-refractivity contribution in [3.63, 3.8) is 0 Å². The van der Waals surface area contributed by atoms with Crippen molar-refractivity contribution < 1.29 is 4.79 Å². The largest absolute Gasteiger partial charge is 0.370 e. The Morgan fingerprint density at radius 3 is 2.59 bits per heavy atom. The van der Waals surface area contributed by atoms with Gasteiger partial charge in [0.1, 0.15) is 23.5 Å². The van der Waals surface area contributed by atoms with Gasteiger partial charge in [-0.2, -0.15) is 0 Å². The van der Waals surface area contributed by atoms with E-state index in [0.29, 0.717) is 5.82 Å². The molecule has 94 valence electrons. The van der Waals surface area contributed by atoms with Gasteiger partial charge in [-0.05, 0) is 13.8 Å².